The van der Waals surface area contributed by atoms with Crippen molar-refractivity contribution in [2.45, 2.75) is 39.2 Å². The Morgan fingerprint density at radius 2 is 1.70 bits per heavy atom. The third-order valence-corrected chi connectivity index (χ3v) is 7.50. The van der Waals surface area contributed by atoms with Crippen LogP contribution in [-0.4, -0.2) is 34.8 Å². The number of rotatable bonds is 8. The van der Waals surface area contributed by atoms with Gasteiger partial charge in [0.1, 0.15) is 11.5 Å². The van der Waals surface area contributed by atoms with Gasteiger partial charge in [0, 0.05) is 18.1 Å². The van der Waals surface area contributed by atoms with E-state index in [0.717, 1.165) is 53.2 Å². The maximum absolute atomic E-state index is 14.0. The van der Waals surface area contributed by atoms with Crippen LogP contribution in [0.3, 0.4) is 0 Å². The zero-order valence-electron chi connectivity index (χ0n) is 22.4. The van der Waals surface area contributed by atoms with Crippen LogP contribution in [0.4, 0.5) is 5.69 Å². The topological polar surface area (TPSA) is 94.3 Å². The van der Waals surface area contributed by atoms with Crippen LogP contribution in [0, 0.1) is 16.0 Å². The number of ether oxygens (including phenoxy) is 2. The van der Waals surface area contributed by atoms with Gasteiger partial charge in [0.2, 0.25) is 0 Å². The molecule has 1 amide bonds. The molecule has 5 rings (SSSR count). The van der Waals surface area contributed by atoms with Crippen LogP contribution in [0.2, 0.25) is 5.02 Å². The van der Waals surface area contributed by atoms with E-state index in [4.69, 9.17) is 26.2 Å². The van der Waals surface area contributed by atoms with Crippen LogP contribution in [0.15, 0.2) is 77.4 Å². The quantitative estimate of drug-likeness (QED) is 0.210. The average molecular weight is 560 g/mol. The highest BCUT2D eigenvalue weighted by Crippen LogP contribution is 2.45. The van der Waals surface area contributed by atoms with Gasteiger partial charge in [0.15, 0.2) is 0 Å². The van der Waals surface area contributed by atoms with Crippen molar-refractivity contribution in [1.29, 1.82) is 0 Å². The SMILES string of the molecule is CCOc1ccc(/C=C2\CCC[C@@H]3C2=NN(C(=O)c2cc([N+](=O)[O-])ccc2Cl)[C@@H]3c2ccc(OCC)cc2)cc1. The van der Waals surface area contributed by atoms with Gasteiger partial charge in [-0.2, -0.15) is 5.10 Å². The highest BCUT2D eigenvalue weighted by molar-refractivity contribution is 6.34. The minimum absolute atomic E-state index is 0.0398. The molecule has 3 aromatic carbocycles. The van der Waals surface area contributed by atoms with E-state index in [1.54, 1.807) is 0 Å². The van der Waals surface area contributed by atoms with Crippen molar-refractivity contribution in [2.75, 3.05) is 13.2 Å². The van der Waals surface area contributed by atoms with Crippen molar-refractivity contribution in [2.24, 2.45) is 11.0 Å². The van der Waals surface area contributed by atoms with E-state index >= 15 is 0 Å². The van der Waals surface area contributed by atoms with Gasteiger partial charge in [-0.3, -0.25) is 14.9 Å². The van der Waals surface area contributed by atoms with Crippen molar-refractivity contribution < 1.29 is 19.2 Å². The molecule has 9 heteroatoms. The predicted molar refractivity (Wildman–Crippen MR) is 155 cm³/mol. The largest absolute Gasteiger partial charge is 0.494 e. The smallest absolute Gasteiger partial charge is 0.276 e. The first kappa shape index (κ1) is 27.4. The third kappa shape index (κ3) is 5.58. The number of fused-ring (bicyclic) bond motifs is 1. The number of halogens is 1. The number of nitrogens with zero attached hydrogens (tertiary/aromatic N) is 3. The second-order valence-corrected chi connectivity index (χ2v) is 10.1. The summed E-state index contributed by atoms with van der Waals surface area (Å²) in [5.41, 5.74) is 3.69. The summed E-state index contributed by atoms with van der Waals surface area (Å²) in [7, 11) is 0. The van der Waals surface area contributed by atoms with Gasteiger partial charge in [-0.05, 0) is 86.2 Å². The van der Waals surface area contributed by atoms with Gasteiger partial charge in [-0.1, -0.05) is 35.9 Å². The maximum Gasteiger partial charge on any atom is 0.276 e. The Morgan fingerprint density at radius 3 is 2.33 bits per heavy atom. The first-order valence-corrected chi connectivity index (χ1v) is 13.8. The summed E-state index contributed by atoms with van der Waals surface area (Å²) in [5.74, 6) is 1.03. The Labute approximate surface area is 238 Å². The summed E-state index contributed by atoms with van der Waals surface area (Å²) >= 11 is 6.39. The molecule has 2 atom stereocenters. The van der Waals surface area contributed by atoms with Crippen molar-refractivity contribution in [3.8, 4) is 11.5 Å². The number of nitro benzene ring substituents is 1. The molecule has 0 aromatic heterocycles. The van der Waals surface area contributed by atoms with Crippen LogP contribution in [0.1, 0.15) is 60.6 Å². The first-order valence-electron chi connectivity index (χ1n) is 13.4. The lowest BCUT2D eigenvalue weighted by molar-refractivity contribution is -0.384. The molecule has 1 heterocycles. The molecule has 0 radical (unpaired) electrons. The highest BCUT2D eigenvalue weighted by atomic mass is 35.5. The fraction of sp³-hybridized carbons (Fsp3) is 0.290. The molecule has 8 nitrogen and oxygen atoms in total. The fourth-order valence-corrected chi connectivity index (χ4v) is 5.57. The third-order valence-electron chi connectivity index (χ3n) is 7.17. The number of carbonyl (C=O) groups is 1. The van der Waals surface area contributed by atoms with Crippen molar-refractivity contribution >= 4 is 35.0 Å². The molecule has 0 bridgehead atoms. The number of carbonyl (C=O) groups excluding carboxylic acids is 1. The molecule has 1 aliphatic carbocycles. The van der Waals surface area contributed by atoms with Crippen LogP contribution < -0.4 is 9.47 Å². The average Bonchev–Trinajstić information content (AvgIpc) is 3.35. The lowest BCUT2D eigenvalue weighted by Crippen LogP contribution is -2.32. The number of non-ortho nitro benzene ring substituents is 1. The van der Waals surface area contributed by atoms with Gasteiger partial charge in [0.25, 0.3) is 11.6 Å². The summed E-state index contributed by atoms with van der Waals surface area (Å²) in [6.07, 6.45) is 4.74. The summed E-state index contributed by atoms with van der Waals surface area (Å²) < 4.78 is 11.2. The molecule has 40 heavy (non-hydrogen) atoms. The van der Waals surface area contributed by atoms with Crippen LogP contribution in [0.5, 0.6) is 11.5 Å². The summed E-state index contributed by atoms with van der Waals surface area (Å²) in [6.45, 7) is 5.03. The minimum Gasteiger partial charge on any atom is -0.494 e. The molecule has 2 aliphatic rings. The van der Waals surface area contributed by atoms with Crippen molar-refractivity contribution in [3.63, 3.8) is 0 Å². The molecule has 0 unspecified atom stereocenters. The van der Waals surface area contributed by atoms with Gasteiger partial charge in [0.05, 0.1) is 40.5 Å². The van der Waals surface area contributed by atoms with Crippen molar-refractivity contribution in [1.82, 2.24) is 5.01 Å². The van der Waals surface area contributed by atoms with E-state index in [2.05, 4.69) is 6.08 Å². The molecule has 0 saturated heterocycles. The number of nitro groups is 1. The first-order chi connectivity index (χ1) is 19.4. The van der Waals surface area contributed by atoms with E-state index in [9.17, 15) is 14.9 Å². The van der Waals surface area contributed by atoms with E-state index in [0.29, 0.717) is 13.2 Å². The summed E-state index contributed by atoms with van der Waals surface area (Å²) in [4.78, 5) is 24.9. The Kier molecular flexibility index (Phi) is 8.16. The van der Waals surface area contributed by atoms with Gasteiger partial charge < -0.3 is 9.47 Å². The Morgan fingerprint density at radius 1 is 1.05 bits per heavy atom. The summed E-state index contributed by atoms with van der Waals surface area (Å²) in [5, 5.41) is 17.9. The lowest BCUT2D eigenvalue weighted by Gasteiger charge is -2.30. The number of allylic oxidation sites excluding steroid dienone is 1. The van der Waals surface area contributed by atoms with Crippen molar-refractivity contribution in [3.05, 3.63) is 104 Å². The number of benzene rings is 3. The maximum atomic E-state index is 14.0. The molecule has 0 N–H and O–H groups in total. The molecule has 0 spiro atoms. The van der Waals surface area contributed by atoms with E-state index in [1.807, 2.05) is 62.4 Å². The van der Waals surface area contributed by atoms with Gasteiger partial charge in [-0.15, -0.1) is 0 Å². The molecule has 1 fully saturated rings. The number of hydrazone groups is 1. The number of amides is 1. The second-order valence-electron chi connectivity index (χ2n) is 9.67. The Balaban J connectivity index is 1.56. The Hall–Kier alpha value is -4.17. The zero-order valence-corrected chi connectivity index (χ0v) is 23.1. The fourth-order valence-electron chi connectivity index (χ4n) is 5.37. The Bertz CT molecular complexity index is 1470. The highest BCUT2D eigenvalue weighted by Gasteiger charge is 2.44. The van der Waals surface area contributed by atoms with E-state index in [1.165, 1.54) is 23.2 Å². The number of hydrogen-bond donors (Lipinski definition) is 0. The molecule has 1 saturated carbocycles. The predicted octanol–water partition coefficient (Wildman–Crippen LogP) is 7.48. The van der Waals surface area contributed by atoms with Crippen LogP contribution in [-0.2, 0) is 0 Å². The lowest BCUT2D eigenvalue weighted by atomic mass is 9.77. The van der Waals surface area contributed by atoms with Crippen LogP contribution >= 0.6 is 11.6 Å². The molecular formula is C31H30ClN3O5. The molecule has 206 valence electrons. The molecule has 1 aliphatic heterocycles. The van der Waals surface area contributed by atoms with Gasteiger partial charge in [-0.25, -0.2) is 5.01 Å². The van der Waals surface area contributed by atoms with E-state index < -0.39 is 16.9 Å². The number of hydrogen-bond acceptors (Lipinski definition) is 6. The van der Waals surface area contributed by atoms with Gasteiger partial charge >= 0.3 is 0 Å². The second kappa shape index (κ2) is 11.9. The van der Waals surface area contributed by atoms with Crippen LogP contribution in [0.25, 0.3) is 6.08 Å². The molecule has 3 aromatic rings. The minimum atomic E-state index is -0.537. The monoisotopic (exact) mass is 559 g/mol. The molecular weight excluding hydrogens is 530 g/mol. The summed E-state index contributed by atoms with van der Waals surface area (Å²) in [6, 6.07) is 19.1. The van der Waals surface area contributed by atoms with E-state index in [-0.39, 0.29) is 22.2 Å². The standard InChI is InChI=1S/C31H30ClN3O5/c1-3-39-24-13-8-20(9-14-24)18-22-6-5-7-26-29(22)33-34(30(26)21-10-15-25(16-11-21)40-4-2)31(36)27-19-23(35(37)38)12-17-28(27)32/h8-19,26,30H,3-7H2,1-2H3/b22-18+/t26-,30-/m1/s1. The zero-order chi connectivity index (χ0) is 28.2. The normalized spacial score (nSPS) is 19.2.